The molecule has 0 unspecified atom stereocenters. The van der Waals surface area contributed by atoms with E-state index >= 15 is 0 Å². The van der Waals surface area contributed by atoms with E-state index in [0.717, 1.165) is 23.9 Å². The van der Waals surface area contributed by atoms with Gasteiger partial charge in [-0.05, 0) is 35.7 Å². The number of aromatic nitrogens is 2. The van der Waals surface area contributed by atoms with Crippen LogP contribution < -0.4 is 0 Å². The van der Waals surface area contributed by atoms with E-state index in [1.807, 2.05) is 29.2 Å². The summed E-state index contributed by atoms with van der Waals surface area (Å²) in [6, 6.07) is 13.9. The van der Waals surface area contributed by atoms with Crippen molar-refractivity contribution in [2.45, 2.75) is 19.5 Å². The zero-order chi connectivity index (χ0) is 15.8. The predicted molar refractivity (Wildman–Crippen MR) is 90.3 cm³/mol. The van der Waals surface area contributed by atoms with E-state index < -0.39 is 0 Å². The van der Waals surface area contributed by atoms with E-state index in [-0.39, 0.29) is 12.5 Å². The smallest absolute Gasteiger partial charge is 0.244 e. The Morgan fingerprint density at radius 1 is 1.17 bits per heavy atom. The summed E-state index contributed by atoms with van der Waals surface area (Å²) in [5.41, 5.74) is 3.47. The van der Waals surface area contributed by atoms with Crippen molar-refractivity contribution in [1.29, 1.82) is 0 Å². The Bertz CT molecular complexity index is 887. The van der Waals surface area contributed by atoms with Crippen LogP contribution in [0.4, 0.5) is 0 Å². The molecule has 4 rings (SSSR count). The fourth-order valence-corrected chi connectivity index (χ4v) is 3.27. The standard InChI is InChI=1S/C18H16ClN3O/c19-16-6-5-14-10-20-22(17(14)9-16)12-18(23)21-8-7-13-3-1-2-4-15(13)11-21/h1-6,9-10H,7-8,11-12H2. The van der Waals surface area contributed by atoms with Crippen molar-refractivity contribution in [2.24, 2.45) is 0 Å². The van der Waals surface area contributed by atoms with Crippen LogP contribution in [0.2, 0.25) is 5.02 Å². The van der Waals surface area contributed by atoms with Crippen LogP contribution in [-0.2, 0) is 24.3 Å². The minimum absolute atomic E-state index is 0.0875. The second-order valence-corrected chi connectivity index (χ2v) is 6.28. The largest absolute Gasteiger partial charge is 0.336 e. The van der Waals surface area contributed by atoms with Gasteiger partial charge in [0, 0.05) is 23.5 Å². The summed E-state index contributed by atoms with van der Waals surface area (Å²) in [4.78, 5) is 14.5. The zero-order valence-electron chi connectivity index (χ0n) is 12.6. The van der Waals surface area contributed by atoms with Crippen molar-refractivity contribution in [3.05, 3.63) is 64.8 Å². The summed E-state index contributed by atoms with van der Waals surface area (Å²) in [7, 11) is 0. The number of carbonyl (C=O) groups is 1. The summed E-state index contributed by atoms with van der Waals surface area (Å²) >= 11 is 6.05. The molecule has 0 bridgehead atoms. The predicted octanol–water partition coefficient (Wildman–Crippen LogP) is 3.27. The number of halogens is 1. The fraction of sp³-hybridized carbons (Fsp3) is 0.222. The molecular weight excluding hydrogens is 310 g/mol. The second-order valence-electron chi connectivity index (χ2n) is 5.84. The van der Waals surface area contributed by atoms with Crippen LogP contribution in [-0.4, -0.2) is 27.1 Å². The number of benzene rings is 2. The Hall–Kier alpha value is -2.33. The number of fused-ring (bicyclic) bond motifs is 2. The van der Waals surface area contributed by atoms with E-state index in [9.17, 15) is 4.79 Å². The highest BCUT2D eigenvalue weighted by atomic mass is 35.5. The van der Waals surface area contributed by atoms with Gasteiger partial charge in [-0.3, -0.25) is 9.48 Å². The summed E-state index contributed by atoms with van der Waals surface area (Å²) in [6.07, 6.45) is 2.68. The summed E-state index contributed by atoms with van der Waals surface area (Å²) in [5, 5.41) is 5.97. The molecular formula is C18H16ClN3O. The van der Waals surface area contributed by atoms with Gasteiger partial charge in [-0.1, -0.05) is 35.9 Å². The third-order valence-corrected chi connectivity index (χ3v) is 4.61. The van der Waals surface area contributed by atoms with E-state index in [0.29, 0.717) is 11.6 Å². The van der Waals surface area contributed by atoms with Gasteiger partial charge >= 0.3 is 0 Å². The van der Waals surface area contributed by atoms with Crippen LogP contribution in [0.3, 0.4) is 0 Å². The number of hydrogen-bond acceptors (Lipinski definition) is 2. The Morgan fingerprint density at radius 2 is 2.00 bits per heavy atom. The lowest BCUT2D eigenvalue weighted by molar-refractivity contribution is -0.132. The number of hydrogen-bond donors (Lipinski definition) is 0. The van der Waals surface area contributed by atoms with Crippen LogP contribution in [0.15, 0.2) is 48.7 Å². The molecule has 2 aromatic carbocycles. The van der Waals surface area contributed by atoms with Gasteiger partial charge < -0.3 is 4.90 Å². The molecule has 0 N–H and O–H groups in total. The van der Waals surface area contributed by atoms with Crippen molar-refractivity contribution in [2.75, 3.05) is 6.54 Å². The minimum Gasteiger partial charge on any atom is -0.336 e. The summed E-state index contributed by atoms with van der Waals surface area (Å²) in [6.45, 7) is 1.68. The molecule has 1 aliphatic heterocycles. The normalized spacial score (nSPS) is 14.0. The Morgan fingerprint density at radius 3 is 2.87 bits per heavy atom. The molecule has 0 aliphatic carbocycles. The lowest BCUT2D eigenvalue weighted by atomic mass is 10.00. The van der Waals surface area contributed by atoms with Gasteiger partial charge in [-0.25, -0.2) is 0 Å². The third kappa shape index (κ3) is 2.70. The van der Waals surface area contributed by atoms with Crippen LogP contribution >= 0.6 is 11.6 Å². The molecule has 2 heterocycles. The second kappa shape index (κ2) is 5.70. The number of nitrogens with zero attached hydrogens (tertiary/aromatic N) is 3. The minimum atomic E-state index is 0.0875. The highest BCUT2D eigenvalue weighted by Gasteiger charge is 2.21. The Labute approximate surface area is 139 Å². The van der Waals surface area contributed by atoms with Gasteiger partial charge in [0.1, 0.15) is 6.54 Å². The molecule has 0 atom stereocenters. The van der Waals surface area contributed by atoms with Crippen LogP contribution in [0, 0.1) is 0 Å². The molecule has 3 aromatic rings. The van der Waals surface area contributed by atoms with Crippen molar-refractivity contribution in [1.82, 2.24) is 14.7 Å². The van der Waals surface area contributed by atoms with E-state index in [1.165, 1.54) is 11.1 Å². The van der Waals surface area contributed by atoms with Crippen molar-refractivity contribution in [3.8, 4) is 0 Å². The molecule has 1 aliphatic rings. The number of carbonyl (C=O) groups excluding carboxylic acids is 1. The zero-order valence-corrected chi connectivity index (χ0v) is 13.3. The molecule has 0 saturated heterocycles. The molecule has 0 spiro atoms. The van der Waals surface area contributed by atoms with Gasteiger partial charge in [0.2, 0.25) is 5.91 Å². The average molecular weight is 326 g/mol. The first-order valence-corrected chi connectivity index (χ1v) is 8.04. The van der Waals surface area contributed by atoms with E-state index in [4.69, 9.17) is 11.6 Å². The molecule has 0 saturated carbocycles. The number of amides is 1. The SMILES string of the molecule is O=C(Cn1ncc2ccc(Cl)cc21)N1CCc2ccccc2C1. The van der Waals surface area contributed by atoms with Gasteiger partial charge in [0.05, 0.1) is 11.7 Å². The van der Waals surface area contributed by atoms with Gasteiger partial charge in [0.15, 0.2) is 0 Å². The molecule has 23 heavy (non-hydrogen) atoms. The monoisotopic (exact) mass is 325 g/mol. The van der Waals surface area contributed by atoms with E-state index in [2.05, 4.69) is 23.3 Å². The molecule has 0 fully saturated rings. The topological polar surface area (TPSA) is 38.1 Å². The first-order chi connectivity index (χ1) is 11.2. The molecule has 1 amide bonds. The Kier molecular flexibility index (Phi) is 3.54. The summed E-state index contributed by atoms with van der Waals surface area (Å²) in [5.74, 6) is 0.0875. The maximum atomic E-state index is 12.6. The van der Waals surface area contributed by atoms with Crippen LogP contribution in [0.25, 0.3) is 10.9 Å². The lowest BCUT2D eigenvalue weighted by Gasteiger charge is -2.29. The maximum Gasteiger partial charge on any atom is 0.244 e. The van der Waals surface area contributed by atoms with Crippen molar-refractivity contribution >= 4 is 28.4 Å². The first-order valence-electron chi connectivity index (χ1n) is 7.66. The van der Waals surface area contributed by atoms with Crippen LogP contribution in [0.1, 0.15) is 11.1 Å². The molecule has 5 heteroatoms. The molecule has 116 valence electrons. The fourth-order valence-electron chi connectivity index (χ4n) is 3.11. The van der Waals surface area contributed by atoms with Crippen molar-refractivity contribution in [3.63, 3.8) is 0 Å². The maximum absolute atomic E-state index is 12.6. The van der Waals surface area contributed by atoms with E-state index in [1.54, 1.807) is 10.9 Å². The van der Waals surface area contributed by atoms with Gasteiger partial charge in [-0.15, -0.1) is 0 Å². The van der Waals surface area contributed by atoms with Gasteiger partial charge in [0.25, 0.3) is 0 Å². The van der Waals surface area contributed by atoms with Crippen LogP contribution in [0.5, 0.6) is 0 Å². The third-order valence-electron chi connectivity index (χ3n) is 4.38. The number of rotatable bonds is 2. The quantitative estimate of drug-likeness (QED) is 0.725. The van der Waals surface area contributed by atoms with Crippen molar-refractivity contribution < 1.29 is 4.79 Å². The highest BCUT2D eigenvalue weighted by molar-refractivity contribution is 6.31. The summed E-state index contributed by atoms with van der Waals surface area (Å²) < 4.78 is 1.73. The van der Waals surface area contributed by atoms with Gasteiger partial charge in [-0.2, -0.15) is 5.10 Å². The average Bonchev–Trinajstić information content (AvgIpc) is 2.96. The lowest BCUT2D eigenvalue weighted by Crippen LogP contribution is -2.38. The molecule has 0 radical (unpaired) electrons. The highest BCUT2D eigenvalue weighted by Crippen LogP contribution is 2.21. The Balaban J connectivity index is 1.55. The first kappa shape index (κ1) is 14.3. The molecule has 1 aromatic heterocycles. The molecule has 4 nitrogen and oxygen atoms in total.